The molecular weight excluding hydrogens is 226 g/mol. The van der Waals surface area contributed by atoms with Crippen LogP contribution in [0.3, 0.4) is 0 Å². The van der Waals surface area contributed by atoms with Crippen LogP contribution in [0.5, 0.6) is 0 Å². The highest BCUT2D eigenvalue weighted by Crippen LogP contribution is 2.13. The summed E-state index contributed by atoms with van der Waals surface area (Å²) in [6, 6.07) is 7.24. The van der Waals surface area contributed by atoms with Crippen LogP contribution in [-0.2, 0) is 0 Å². The highest BCUT2D eigenvalue weighted by Gasteiger charge is 2.15. The molecule has 0 aromatic heterocycles. The first-order valence-corrected chi connectivity index (χ1v) is 6.29. The molecular formula is C14H23N3O. The van der Waals surface area contributed by atoms with E-state index in [1.54, 1.807) is 24.1 Å². The summed E-state index contributed by atoms with van der Waals surface area (Å²) in [5, 5.41) is 0. The molecule has 0 heterocycles. The van der Waals surface area contributed by atoms with Gasteiger partial charge in [-0.15, -0.1) is 0 Å². The van der Waals surface area contributed by atoms with Gasteiger partial charge in [-0.1, -0.05) is 26.0 Å². The van der Waals surface area contributed by atoms with Crippen molar-refractivity contribution >= 4 is 11.6 Å². The predicted molar refractivity (Wildman–Crippen MR) is 75.2 cm³/mol. The molecule has 0 radical (unpaired) electrons. The van der Waals surface area contributed by atoms with E-state index in [9.17, 15) is 4.79 Å². The Morgan fingerprint density at radius 3 is 2.50 bits per heavy atom. The van der Waals surface area contributed by atoms with Crippen molar-refractivity contribution in [2.24, 2.45) is 11.7 Å². The summed E-state index contributed by atoms with van der Waals surface area (Å²) in [6.07, 6.45) is 0.798. The Kier molecular flexibility index (Phi) is 5.16. The number of nitrogens with zero attached hydrogens (tertiary/aromatic N) is 1. The van der Waals surface area contributed by atoms with Crippen molar-refractivity contribution in [1.82, 2.24) is 4.90 Å². The quantitative estimate of drug-likeness (QED) is 0.780. The molecule has 1 rings (SSSR count). The summed E-state index contributed by atoms with van der Waals surface area (Å²) in [5.74, 6) is 0.374. The Labute approximate surface area is 109 Å². The van der Waals surface area contributed by atoms with E-state index in [2.05, 4.69) is 13.8 Å². The van der Waals surface area contributed by atoms with E-state index < -0.39 is 0 Å². The molecule has 1 amide bonds. The average Bonchev–Trinajstić information content (AvgIpc) is 2.35. The summed E-state index contributed by atoms with van der Waals surface area (Å²) < 4.78 is 0. The maximum absolute atomic E-state index is 12.2. The van der Waals surface area contributed by atoms with E-state index in [-0.39, 0.29) is 11.9 Å². The second-order valence-electron chi connectivity index (χ2n) is 5.01. The third-order valence-electron chi connectivity index (χ3n) is 3.19. The summed E-state index contributed by atoms with van der Waals surface area (Å²) in [5.41, 5.74) is 12.8. The molecule has 0 bridgehead atoms. The molecule has 100 valence electrons. The van der Waals surface area contributed by atoms with Crippen molar-refractivity contribution in [2.45, 2.75) is 26.3 Å². The second kappa shape index (κ2) is 6.40. The Morgan fingerprint density at radius 2 is 1.94 bits per heavy atom. The Hall–Kier alpha value is -1.55. The Bertz CT molecular complexity index is 404. The number of anilines is 1. The number of hydrogen-bond acceptors (Lipinski definition) is 3. The fourth-order valence-electron chi connectivity index (χ4n) is 1.67. The third kappa shape index (κ3) is 3.74. The molecule has 1 atom stereocenters. The van der Waals surface area contributed by atoms with Gasteiger partial charge in [-0.25, -0.2) is 0 Å². The minimum Gasteiger partial charge on any atom is -0.398 e. The Balaban J connectivity index is 2.60. The van der Waals surface area contributed by atoms with Crippen molar-refractivity contribution in [3.8, 4) is 0 Å². The number of carbonyl (C=O) groups is 1. The van der Waals surface area contributed by atoms with Gasteiger partial charge >= 0.3 is 0 Å². The van der Waals surface area contributed by atoms with Gasteiger partial charge < -0.3 is 16.4 Å². The molecule has 0 spiro atoms. The number of rotatable bonds is 5. The lowest BCUT2D eigenvalue weighted by atomic mass is 10.0. The molecule has 4 N–H and O–H groups in total. The zero-order valence-corrected chi connectivity index (χ0v) is 11.4. The lowest BCUT2D eigenvalue weighted by molar-refractivity contribution is 0.0790. The molecule has 0 aliphatic rings. The molecule has 0 saturated carbocycles. The Morgan fingerprint density at radius 1 is 1.33 bits per heavy atom. The van der Waals surface area contributed by atoms with Crippen LogP contribution in [0.4, 0.5) is 5.69 Å². The monoisotopic (exact) mass is 249 g/mol. The second-order valence-corrected chi connectivity index (χ2v) is 5.01. The van der Waals surface area contributed by atoms with Crippen molar-refractivity contribution < 1.29 is 4.79 Å². The summed E-state index contributed by atoms with van der Waals surface area (Å²) in [6.45, 7) is 4.82. The number of amides is 1. The number of benzene rings is 1. The average molecular weight is 249 g/mol. The maximum atomic E-state index is 12.2. The number of hydrogen-bond donors (Lipinski definition) is 2. The predicted octanol–water partition coefficient (Wildman–Crippen LogP) is 1.71. The number of nitrogens with two attached hydrogens (primary N) is 2. The van der Waals surface area contributed by atoms with Crippen LogP contribution in [0.25, 0.3) is 0 Å². The molecule has 4 nitrogen and oxygen atoms in total. The fraction of sp³-hybridized carbons (Fsp3) is 0.500. The molecule has 0 fully saturated rings. The first kappa shape index (κ1) is 14.5. The topological polar surface area (TPSA) is 72.3 Å². The number of nitrogen functional groups attached to an aromatic ring is 1. The van der Waals surface area contributed by atoms with E-state index in [1.807, 2.05) is 12.1 Å². The first-order chi connectivity index (χ1) is 8.43. The molecule has 1 unspecified atom stereocenters. The summed E-state index contributed by atoms with van der Waals surface area (Å²) >= 11 is 0. The standard InChI is InChI=1S/C14H23N3O/c1-10(2)12(15)8-9-17(3)14(18)11-6-4-5-7-13(11)16/h4-7,10,12H,8-9,15-16H2,1-3H3. The normalized spacial score (nSPS) is 12.5. The maximum Gasteiger partial charge on any atom is 0.255 e. The van der Waals surface area contributed by atoms with Crippen LogP contribution in [0.1, 0.15) is 30.6 Å². The van der Waals surface area contributed by atoms with Gasteiger partial charge in [-0.05, 0) is 24.5 Å². The van der Waals surface area contributed by atoms with Gasteiger partial charge in [0.15, 0.2) is 0 Å². The zero-order valence-electron chi connectivity index (χ0n) is 11.4. The first-order valence-electron chi connectivity index (χ1n) is 6.29. The van der Waals surface area contributed by atoms with Crippen LogP contribution in [0.2, 0.25) is 0 Å². The minimum absolute atomic E-state index is 0.0518. The highest BCUT2D eigenvalue weighted by atomic mass is 16.2. The molecule has 1 aromatic rings. The van der Waals surface area contributed by atoms with Gasteiger partial charge in [0.25, 0.3) is 5.91 Å². The highest BCUT2D eigenvalue weighted by molar-refractivity contribution is 5.98. The molecule has 1 aromatic carbocycles. The van der Waals surface area contributed by atoms with Gasteiger partial charge in [0.1, 0.15) is 0 Å². The molecule has 0 aliphatic carbocycles. The van der Waals surface area contributed by atoms with E-state index in [0.29, 0.717) is 23.7 Å². The van der Waals surface area contributed by atoms with E-state index in [0.717, 1.165) is 6.42 Å². The third-order valence-corrected chi connectivity index (χ3v) is 3.19. The van der Waals surface area contributed by atoms with Crippen LogP contribution in [-0.4, -0.2) is 30.4 Å². The summed E-state index contributed by atoms with van der Waals surface area (Å²) in [4.78, 5) is 13.8. The zero-order chi connectivity index (χ0) is 13.7. The van der Waals surface area contributed by atoms with Gasteiger partial charge in [0.2, 0.25) is 0 Å². The summed E-state index contributed by atoms with van der Waals surface area (Å²) in [7, 11) is 1.78. The van der Waals surface area contributed by atoms with Crippen molar-refractivity contribution in [2.75, 3.05) is 19.3 Å². The van der Waals surface area contributed by atoms with Gasteiger partial charge in [0, 0.05) is 25.3 Å². The van der Waals surface area contributed by atoms with E-state index in [1.165, 1.54) is 0 Å². The largest absolute Gasteiger partial charge is 0.398 e. The van der Waals surface area contributed by atoms with E-state index in [4.69, 9.17) is 11.5 Å². The minimum atomic E-state index is -0.0518. The van der Waals surface area contributed by atoms with Crippen LogP contribution >= 0.6 is 0 Å². The van der Waals surface area contributed by atoms with Gasteiger partial charge in [-0.3, -0.25) is 4.79 Å². The van der Waals surface area contributed by atoms with Crippen LogP contribution in [0, 0.1) is 5.92 Å². The molecule has 4 heteroatoms. The van der Waals surface area contributed by atoms with Gasteiger partial charge in [-0.2, -0.15) is 0 Å². The van der Waals surface area contributed by atoms with Crippen LogP contribution < -0.4 is 11.5 Å². The SMILES string of the molecule is CC(C)C(N)CCN(C)C(=O)c1ccccc1N. The molecule has 0 aliphatic heterocycles. The smallest absolute Gasteiger partial charge is 0.255 e. The van der Waals surface area contributed by atoms with Crippen molar-refractivity contribution in [3.05, 3.63) is 29.8 Å². The van der Waals surface area contributed by atoms with Crippen molar-refractivity contribution in [3.63, 3.8) is 0 Å². The fourth-order valence-corrected chi connectivity index (χ4v) is 1.67. The van der Waals surface area contributed by atoms with Crippen LogP contribution in [0.15, 0.2) is 24.3 Å². The lowest BCUT2D eigenvalue weighted by Gasteiger charge is -2.22. The van der Waals surface area contributed by atoms with E-state index >= 15 is 0 Å². The number of carbonyl (C=O) groups excluding carboxylic acids is 1. The van der Waals surface area contributed by atoms with Gasteiger partial charge in [0.05, 0.1) is 5.56 Å². The van der Waals surface area contributed by atoms with Crippen molar-refractivity contribution in [1.29, 1.82) is 0 Å². The lowest BCUT2D eigenvalue weighted by Crippen LogP contribution is -2.34. The molecule has 18 heavy (non-hydrogen) atoms. The number of para-hydroxylation sites is 1. The molecule has 0 saturated heterocycles.